The fourth-order valence-electron chi connectivity index (χ4n) is 3.03. The Labute approximate surface area is 172 Å². The number of halogens is 2. The average Bonchev–Trinajstić information content (AvgIpc) is 3.06. The number of aromatic nitrogens is 1. The lowest BCUT2D eigenvalue weighted by molar-refractivity contribution is 0.0698. The average molecular weight is 445 g/mol. The Kier molecular flexibility index (Phi) is 5.72. The summed E-state index contributed by atoms with van der Waals surface area (Å²) in [5.41, 5.74) is 5.62. The number of primary amides is 1. The predicted octanol–water partition coefficient (Wildman–Crippen LogP) is 1.58. The van der Waals surface area contributed by atoms with Gasteiger partial charge in [-0.15, -0.1) is 0 Å². The molecule has 1 aliphatic heterocycles. The lowest BCUT2D eigenvalue weighted by Gasteiger charge is -2.34. The fourth-order valence-corrected chi connectivity index (χ4v) is 4.90. The molecule has 1 saturated heterocycles. The molecule has 0 bridgehead atoms. The number of hydrogen-bond donors (Lipinski definition) is 1. The van der Waals surface area contributed by atoms with Crippen LogP contribution in [0.3, 0.4) is 0 Å². The fraction of sp³-hybridized carbons (Fsp3) is 0.294. The normalized spacial score (nSPS) is 15.6. The van der Waals surface area contributed by atoms with Crippen molar-refractivity contribution in [2.24, 2.45) is 12.8 Å². The monoisotopic (exact) mass is 444 g/mol. The Balaban J connectivity index is 1.74. The summed E-state index contributed by atoms with van der Waals surface area (Å²) in [6.07, 6.45) is 1.35. The maximum atomic E-state index is 12.8. The van der Waals surface area contributed by atoms with Crippen LogP contribution in [0.5, 0.6) is 0 Å². The number of aryl methyl sites for hydroxylation is 1. The van der Waals surface area contributed by atoms with Crippen molar-refractivity contribution in [1.29, 1.82) is 0 Å². The van der Waals surface area contributed by atoms with Crippen LogP contribution in [0.1, 0.15) is 20.8 Å². The van der Waals surface area contributed by atoms with E-state index in [2.05, 4.69) is 0 Å². The van der Waals surface area contributed by atoms with E-state index in [4.69, 9.17) is 28.9 Å². The number of carbonyl (C=O) groups excluding carboxylic acids is 2. The second-order valence-electron chi connectivity index (χ2n) is 6.36. The molecule has 1 aromatic carbocycles. The third-order valence-corrected chi connectivity index (χ3v) is 6.98. The minimum atomic E-state index is -3.81. The van der Waals surface area contributed by atoms with E-state index in [1.54, 1.807) is 19.2 Å². The molecule has 150 valence electrons. The molecule has 11 heteroatoms. The number of hydrogen-bond acceptors (Lipinski definition) is 4. The van der Waals surface area contributed by atoms with Crippen LogP contribution >= 0.6 is 23.2 Å². The minimum absolute atomic E-state index is 0.0125. The summed E-state index contributed by atoms with van der Waals surface area (Å²) in [6.45, 7) is 0.646. The molecule has 2 aromatic rings. The highest BCUT2D eigenvalue weighted by atomic mass is 35.5. The zero-order chi connectivity index (χ0) is 20.6. The number of carbonyl (C=O) groups is 2. The molecule has 0 radical (unpaired) electrons. The Bertz CT molecular complexity index is 1040. The summed E-state index contributed by atoms with van der Waals surface area (Å²) in [6, 6.07) is 5.88. The van der Waals surface area contributed by atoms with Gasteiger partial charge in [0.2, 0.25) is 10.0 Å². The second kappa shape index (κ2) is 7.75. The number of rotatable bonds is 4. The van der Waals surface area contributed by atoms with Crippen LogP contribution in [0.4, 0.5) is 0 Å². The van der Waals surface area contributed by atoms with Gasteiger partial charge in [-0.1, -0.05) is 23.2 Å². The molecule has 2 amide bonds. The van der Waals surface area contributed by atoms with Crippen LogP contribution in [-0.4, -0.2) is 60.2 Å². The highest BCUT2D eigenvalue weighted by Crippen LogP contribution is 2.24. The molecule has 0 aliphatic carbocycles. The van der Waals surface area contributed by atoms with Gasteiger partial charge in [-0.05, 0) is 24.3 Å². The lowest BCUT2D eigenvalue weighted by atomic mass is 10.2. The summed E-state index contributed by atoms with van der Waals surface area (Å²) in [4.78, 5) is 25.6. The zero-order valence-electron chi connectivity index (χ0n) is 14.9. The van der Waals surface area contributed by atoms with E-state index in [0.717, 1.165) is 0 Å². The van der Waals surface area contributed by atoms with Crippen molar-refractivity contribution in [3.05, 3.63) is 51.8 Å². The first-order chi connectivity index (χ1) is 13.1. The molecular weight excluding hydrogens is 427 g/mol. The van der Waals surface area contributed by atoms with Crippen molar-refractivity contribution in [1.82, 2.24) is 13.8 Å². The first-order valence-electron chi connectivity index (χ1n) is 8.32. The topological polar surface area (TPSA) is 106 Å². The van der Waals surface area contributed by atoms with Gasteiger partial charge in [-0.25, -0.2) is 8.42 Å². The molecular formula is C17H18Cl2N4O4S. The number of piperazine rings is 1. The summed E-state index contributed by atoms with van der Waals surface area (Å²) in [5, 5.41) is 0.677. The molecule has 3 rings (SSSR count). The maximum Gasteiger partial charge on any atom is 0.265 e. The largest absolute Gasteiger partial charge is 0.364 e. The number of nitrogens with zero attached hydrogens (tertiary/aromatic N) is 3. The molecule has 1 fully saturated rings. The van der Waals surface area contributed by atoms with Gasteiger partial charge in [0.15, 0.2) is 0 Å². The number of amides is 2. The summed E-state index contributed by atoms with van der Waals surface area (Å²) < 4.78 is 28.3. The summed E-state index contributed by atoms with van der Waals surface area (Å²) in [5.74, 6) is -1.02. The van der Waals surface area contributed by atoms with Crippen LogP contribution in [-0.2, 0) is 17.1 Å². The summed E-state index contributed by atoms with van der Waals surface area (Å²) in [7, 11) is -2.26. The van der Waals surface area contributed by atoms with E-state index >= 15 is 0 Å². The van der Waals surface area contributed by atoms with Gasteiger partial charge < -0.3 is 15.2 Å². The smallest absolute Gasteiger partial charge is 0.265 e. The molecule has 0 atom stereocenters. The Morgan fingerprint density at radius 3 is 2.29 bits per heavy atom. The van der Waals surface area contributed by atoms with Crippen LogP contribution in [0.2, 0.25) is 10.0 Å². The highest BCUT2D eigenvalue weighted by Gasteiger charge is 2.32. The Morgan fingerprint density at radius 1 is 1.07 bits per heavy atom. The predicted molar refractivity (Wildman–Crippen MR) is 105 cm³/mol. The maximum absolute atomic E-state index is 12.8. The van der Waals surface area contributed by atoms with Crippen LogP contribution in [0.25, 0.3) is 0 Å². The molecule has 0 unspecified atom stereocenters. The Hall–Kier alpha value is -2.07. The third kappa shape index (κ3) is 3.88. The standard InChI is InChI=1S/C17H18Cl2N4O4S/c1-21-10-12(9-15(21)16(20)24)28(26,27)23-6-4-22(5-7-23)17(25)13-8-11(18)2-3-14(13)19/h2-3,8-10H,4-7H2,1H3,(H2,20,24). The summed E-state index contributed by atoms with van der Waals surface area (Å²) >= 11 is 12.0. The quantitative estimate of drug-likeness (QED) is 0.771. The van der Waals surface area contributed by atoms with E-state index < -0.39 is 15.9 Å². The van der Waals surface area contributed by atoms with E-state index in [9.17, 15) is 18.0 Å². The first-order valence-corrected chi connectivity index (χ1v) is 10.5. The van der Waals surface area contributed by atoms with Crippen LogP contribution in [0.15, 0.2) is 35.4 Å². The molecule has 1 aromatic heterocycles. The number of nitrogens with two attached hydrogens (primary N) is 1. The molecule has 28 heavy (non-hydrogen) atoms. The van der Waals surface area contributed by atoms with Crippen LogP contribution in [0, 0.1) is 0 Å². The van der Waals surface area contributed by atoms with Crippen molar-refractivity contribution in [3.63, 3.8) is 0 Å². The Morgan fingerprint density at radius 2 is 1.71 bits per heavy atom. The van der Waals surface area contributed by atoms with Gasteiger partial charge in [-0.3, -0.25) is 9.59 Å². The van der Waals surface area contributed by atoms with Gasteiger partial charge in [0, 0.05) is 44.4 Å². The van der Waals surface area contributed by atoms with Gasteiger partial charge in [-0.2, -0.15) is 4.31 Å². The first kappa shape index (κ1) is 20.7. The zero-order valence-corrected chi connectivity index (χ0v) is 17.3. The highest BCUT2D eigenvalue weighted by molar-refractivity contribution is 7.89. The van der Waals surface area contributed by atoms with Gasteiger partial charge in [0.05, 0.1) is 10.6 Å². The molecule has 0 saturated carbocycles. The second-order valence-corrected chi connectivity index (χ2v) is 9.14. The number of sulfonamides is 1. The molecule has 8 nitrogen and oxygen atoms in total. The third-order valence-electron chi connectivity index (χ3n) is 4.55. The van der Waals surface area contributed by atoms with Gasteiger partial charge in [0.1, 0.15) is 10.6 Å². The van der Waals surface area contributed by atoms with Gasteiger partial charge >= 0.3 is 0 Å². The van der Waals surface area contributed by atoms with Crippen molar-refractivity contribution in [3.8, 4) is 0 Å². The molecule has 2 heterocycles. The van der Waals surface area contributed by atoms with Crippen LogP contribution < -0.4 is 5.73 Å². The van der Waals surface area contributed by atoms with Crippen molar-refractivity contribution >= 4 is 45.0 Å². The van der Waals surface area contributed by atoms with Gasteiger partial charge in [0.25, 0.3) is 11.8 Å². The molecule has 2 N–H and O–H groups in total. The molecule has 1 aliphatic rings. The van der Waals surface area contributed by atoms with E-state index in [1.165, 1.54) is 32.1 Å². The SMILES string of the molecule is Cn1cc(S(=O)(=O)N2CCN(C(=O)c3cc(Cl)ccc3Cl)CC2)cc1C(N)=O. The molecule has 0 spiro atoms. The van der Waals surface area contributed by atoms with Crippen molar-refractivity contribution in [2.75, 3.05) is 26.2 Å². The van der Waals surface area contributed by atoms with E-state index in [-0.39, 0.29) is 53.3 Å². The minimum Gasteiger partial charge on any atom is -0.364 e. The number of benzene rings is 1. The van der Waals surface area contributed by atoms with E-state index in [0.29, 0.717) is 5.02 Å². The lowest BCUT2D eigenvalue weighted by Crippen LogP contribution is -2.50. The van der Waals surface area contributed by atoms with Crippen molar-refractivity contribution < 1.29 is 18.0 Å². The van der Waals surface area contributed by atoms with Crippen molar-refractivity contribution in [2.45, 2.75) is 4.90 Å². The van der Waals surface area contributed by atoms with E-state index in [1.807, 2.05) is 0 Å².